The van der Waals surface area contributed by atoms with Crippen molar-refractivity contribution in [3.05, 3.63) is 30.1 Å². The van der Waals surface area contributed by atoms with Crippen molar-refractivity contribution in [3.8, 4) is 0 Å². The number of nitrogens with one attached hydrogen (secondary N) is 2. The molecule has 2 N–H and O–H groups in total. The Morgan fingerprint density at radius 1 is 1.53 bits per heavy atom. The van der Waals surface area contributed by atoms with E-state index in [1.165, 1.54) is 0 Å². The van der Waals surface area contributed by atoms with Crippen molar-refractivity contribution in [1.82, 2.24) is 19.7 Å². The van der Waals surface area contributed by atoms with Crippen LogP contribution in [-0.2, 0) is 13.1 Å². The lowest BCUT2D eigenvalue weighted by Gasteiger charge is -2.00. The van der Waals surface area contributed by atoms with Gasteiger partial charge in [-0.05, 0) is 13.8 Å². The summed E-state index contributed by atoms with van der Waals surface area (Å²) in [5.41, 5.74) is 3.17. The van der Waals surface area contributed by atoms with E-state index in [1.807, 2.05) is 24.0 Å². The molecule has 0 bridgehead atoms. The summed E-state index contributed by atoms with van der Waals surface area (Å²) in [6.07, 6.45) is 5.52. The van der Waals surface area contributed by atoms with Gasteiger partial charge >= 0.3 is 0 Å². The fourth-order valence-electron chi connectivity index (χ4n) is 1.38. The lowest BCUT2D eigenvalue weighted by atomic mass is 10.3. The standard InChI is InChI=1S/C10H15N5/c1-3-15-6-9(4-14-15)11-5-10-8(2)12-7-13-10/h4,6-7,11H,3,5H2,1-2H3,(H,12,13). The van der Waals surface area contributed by atoms with Gasteiger partial charge in [0.15, 0.2) is 0 Å². The quantitative estimate of drug-likeness (QED) is 0.796. The van der Waals surface area contributed by atoms with Gasteiger partial charge in [0, 0.05) is 18.4 Å². The van der Waals surface area contributed by atoms with Crippen molar-refractivity contribution in [2.24, 2.45) is 0 Å². The molecule has 2 rings (SSSR count). The van der Waals surface area contributed by atoms with Crippen molar-refractivity contribution in [1.29, 1.82) is 0 Å². The van der Waals surface area contributed by atoms with Crippen LogP contribution in [0, 0.1) is 6.92 Å². The Kier molecular flexibility index (Phi) is 2.71. The highest BCUT2D eigenvalue weighted by atomic mass is 15.3. The smallest absolute Gasteiger partial charge is 0.0925 e. The van der Waals surface area contributed by atoms with Crippen LogP contribution in [-0.4, -0.2) is 19.7 Å². The molecule has 0 spiro atoms. The van der Waals surface area contributed by atoms with Crippen LogP contribution in [0.1, 0.15) is 18.3 Å². The average Bonchev–Trinajstić information content (AvgIpc) is 2.84. The van der Waals surface area contributed by atoms with E-state index in [2.05, 4.69) is 27.3 Å². The fraction of sp³-hybridized carbons (Fsp3) is 0.400. The maximum Gasteiger partial charge on any atom is 0.0925 e. The third kappa shape index (κ3) is 2.18. The van der Waals surface area contributed by atoms with Crippen LogP contribution < -0.4 is 5.32 Å². The van der Waals surface area contributed by atoms with Crippen molar-refractivity contribution in [3.63, 3.8) is 0 Å². The summed E-state index contributed by atoms with van der Waals surface area (Å²) in [6, 6.07) is 0. The molecule has 80 valence electrons. The molecule has 0 amide bonds. The number of H-pyrrole nitrogens is 1. The predicted molar refractivity (Wildman–Crippen MR) is 58.6 cm³/mol. The number of rotatable bonds is 4. The molecule has 15 heavy (non-hydrogen) atoms. The molecular formula is C10H15N5. The highest BCUT2D eigenvalue weighted by Crippen LogP contribution is 2.08. The van der Waals surface area contributed by atoms with E-state index in [0.717, 1.165) is 30.2 Å². The number of aryl methyl sites for hydroxylation is 2. The SMILES string of the molecule is CCn1cc(NCc2nc[nH]c2C)cn1. The number of imidazole rings is 1. The summed E-state index contributed by atoms with van der Waals surface area (Å²) >= 11 is 0. The zero-order chi connectivity index (χ0) is 10.7. The van der Waals surface area contributed by atoms with E-state index >= 15 is 0 Å². The van der Waals surface area contributed by atoms with E-state index in [0.29, 0.717) is 0 Å². The minimum absolute atomic E-state index is 0.727. The van der Waals surface area contributed by atoms with Gasteiger partial charge in [0.1, 0.15) is 0 Å². The number of aromatic amines is 1. The second kappa shape index (κ2) is 4.16. The first-order valence-electron chi connectivity index (χ1n) is 5.04. The molecule has 2 aromatic rings. The van der Waals surface area contributed by atoms with E-state index in [1.54, 1.807) is 6.33 Å². The molecule has 2 heterocycles. The molecule has 0 saturated heterocycles. The number of nitrogens with zero attached hydrogens (tertiary/aromatic N) is 3. The Morgan fingerprint density at radius 2 is 2.40 bits per heavy atom. The summed E-state index contributed by atoms with van der Waals surface area (Å²) in [7, 11) is 0. The third-order valence-corrected chi connectivity index (χ3v) is 2.35. The first kappa shape index (κ1) is 9.76. The fourth-order valence-corrected chi connectivity index (χ4v) is 1.38. The summed E-state index contributed by atoms with van der Waals surface area (Å²) in [5.74, 6) is 0. The molecule has 0 aliphatic carbocycles. The van der Waals surface area contributed by atoms with E-state index in [4.69, 9.17) is 0 Å². The molecule has 0 aromatic carbocycles. The molecular weight excluding hydrogens is 190 g/mol. The highest BCUT2D eigenvalue weighted by Gasteiger charge is 2.01. The van der Waals surface area contributed by atoms with Crippen LogP contribution >= 0.6 is 0 Å². The molecule has 2 aromatic heterocycles. The Morgan fingerprint density at radius 3 is 3.00 bits per heavy atom. The van der Waals surface area contributed by atoms with Crippen molar-refractivity contribution in [2.45, 2.75) is 26.9 Å². The van der Waals surface area contributed by atoms with Crippen LogP contribution in [0.5, 0.6) is 0 Å². The van der Waals surface area contributed by atoms with Crippen LogP contribution in [0.15, 0.2) is 18.7 Å². The minimum atomic E-state index is 0.727. The lowest BCUT2D eigenvalue weighted by molar-refractivity contribution is 0.660. The molecule has 0 aliphatic heterocycles. The zero-order valence-corrected chi connectivity index (χ0v) is 8.99. The lowest BCUT2D eigenvalue weighted by Crippen LogP contribution is -2.00. The summed E-state index contributed by atoms with van der Waals surface area (Å²) in [5, 5.41) is 7.46. The number of anilines is 1. The first-order valence-corrected chi connectivity index (χ1v) is 5.04. The summed E-state index contributed by atoms with van der Waals surface area (Å²) in [4.78, 5) is 7.26. The van der Waals surface area contributed by atoms with Crippen LogP contribution in [0.2, 0.25) is 0 Å². The van der Waals surface area contributed by atoms with Gasteiger partial charge < -0.3 is 10.3 Å². The van der Waals surface area contributed by atoms with Crippen LogP contribution in [0.3, 0.4) is 0 Å². The largest absolute Gasteiger partial charge is 0.377 e. The first-order chi connectivity index (χ1) is 7.29. The molecule has 0 radical (unpaired) electrons. The van der Waals surface area contributed by atoms with Gasteiger partial charge in [-0.15, -0.1) is 0 Å². The van der Waals surface area contributed by atoms with Crippen molar-refractivity contribution >= 4 is 5.69 Å². The molecule has 5 heteroatoms. The van der Waals surface area contributed by atoms with E-state index in [-0.39, 0.29) is 0 Å². The maximum atomic E-state index is 4.21. The predicted octanol–water partition coefficient (Wildman–Crippen LogP) is 1.55. The van der Waals surface area contributed by atoms with Crippen molar-refractivity contribution < 1.29 is 0 Å². The topological polar surface area (TPSA) is 58.5 Å². The van der Waals surface area contributed by atoms with Gasteiger partial charge in [0.2, 0.25) is 0 Å². The Bertz CT molecular complexity index is 428. The van der Waals surface area contributed by atoms with Crippen molar-refractivity contribution in [2.75, 3.05) is 5.32 Å². The second-order valence-electron chi connectivity index (χ2n) is 3.41. The molecule has 0 saturated carbocycles. The molecule has 0 aliphatic rings. The van der Waals surface area contributed by atoms with E-state index < -0.39 is 0 Å². The number of hydrogen-bond acceptors (Lipinski definition) is 3. The molecule has 0 atom stereocenters. The van der Waals surface area contributed by atoms with E-state index in [9.17, 15) is 0 Å². The van der Waals surface area contributed by atoms with Gasteiger partial charge in [-0.2, -0.15) is 5.10 Å². The van der Waals surface area contributed by atoms with Gasteiger partial charge in [0.05, 0.1) is 30.5 Å². The van der Waals surface area contributed by atoms with Crippen LogP contribution in [0.4, 0.5) is 5.69 Å². The van der Waals surface area contributed by atoms with Gasteiger partial charge in [-0.3, -0.25) is 4.68 Å². The van der Waals surface area contributed by atoms with Gasteiger partial charge in [0.25, 0.3) is 0 Å². The van der Waals surface area contributed by atoms with Gasteiger partial charge in [-0.25, -0.2) is 4.98 Å². The van der Waals surface area contributed by atoms with Gasteiger partial charge in [-0.1, -0.05) is 0 Å². The summed E-state index contributed by atoms with van der Waals surface area (Å²) in [6.45, 7) is 5.70. The Labute approximate surface area is 88.5 Å². The maximum absolute atomic E-state index is 4.21. The second-order valence-corrected chi connectivity index (χ2v) is 3.41. The molecule has 0 fully saturated rings. The summed E-state index contributed by atoms with van der Waals surface area (Å²) < 4.78 is 1.89. The average molecular weight is 205 g/mol. The third-order valence-electron chi connectivity index (χ3n) is 2.35. The van der Waals surface area contributed by atoms with Crippen LogP contribution in [0.25, 0.3) is 0 Å². The highest BCUT2D eigenvalue weighted by molar-refractivity contribution is 5.38. The monoisotopic (exact) mass is 205 g/mol. The molecule has 0 unspecified atom stereocenters. The normalized spacial score (nSPS) is 10.5. The Hall–Kier alpha value is -1.78. The number of hydrogen-bond donors (Lipinski definition) is 2. The molecule has 5 nitrogen and oxygen atoms in total. The number of aromatic nitrogens is 4. The zero-order valence-electron chi connectivity index (χ0n) is 8.99. The minimum Gasteiger partial charge on any atom is -0.377 e. The Balaban J connectivity index is 1.96.